The monoisotopic (exact) mass is 640 g/mol. The summed E-state index contributed by atoms with van der Waals surface area (Å²) in [6.07, 6.45) is 1.42. The predicted octanol–water partition coefficient (Wildman–Crippen LogP) is 4.68. The summed E-state index contributed by atoms with van der Waals surface area (Å²) < 4.78 is 47.3. The SMILES string of the molecule is CC1CCC(c2cncc(C(F)(F)F)c2)N(C(=O)C(=O)Nc2cnc(N)c3cnn(COCC[Si](C)(C)C)c23)C1.[Cu]. The second-order valence-electron chi connectivity index (χ2n) is 11.4. The maximum absolute atomic E-state index is 13.4. The molecule has 2 amide bonds. The van der Waals surface area contributed by atoms with Crippen LogP contribution in [0.1, 0.15) is 36.9 Å². The average molecular weight is 641 g/mol. The van der Waals surface area contributed by atoms with Crippen LogP contribution >= 0.6 is 0 Å². The van der Waals surface area contributed by atoms with Crippen molar-refractivity contribution in [1.29, 1.82) is 0 Å². The first kappa shape index (κ1) is 32.5. The van der Waals surface area contributed by atoms with Crippen molar-refractivity contribution in [3.8, 4) is 0 Å². The van der Waals surface area contributed by atoms with E-state index in [0.29, 0.717) is 30.4 Å². The van der Waals surface area contributed by atoms with E-state index < -0.39 is 37.7 Å². The molecule has 0 aliphatic carbocycles. The number of nitrogens with zero attached hydrogens (tertiary/aromatic N) is 5. The van der Waals surface area contributed by atoms with E-state index in [1.807, 2.05) is 6.92 Å². The Hall–Kier alpha value is -3.00. The van der Waals surface area contributed by atoms with Gasteiger partial charge in [0.05, 0.1) is 40.6 Å². The van der Waals surface area contributed by atoms with E-state index in [-0.39, 0.29) is 53.3 Å². The van der Waals surface area contributed by atoms with Gasteiger partial charge in [-0.2, -0.15) is 18.3 Å². The fourth-order valence-electron chi connectivity index (χ4n) is 4.67. The molecule has 3 aromatic heterocycles. The minimum atomic E-state index is -4.58. The molecular weight excluding hydrogens is 607 g/mol. The second kappa shape index (κ2) is 12.9. The second-order valence-corrected chi connectivity index (χ2v) is 17.0. The average Bonchev–Trinajstić information content (AvgIpc) is 3.32. The van der Waals surface area contributed by atoms with Crippen LogP contribution in [-0.4, -0.2) is 57.7 Å². The van der Waals surface area contributed by atoms with Gasteiger partial charge in [-0.1, -0.05) is 26.6 Å². The van der Waals surface area contributed by atoms with Gasteiger partial charge in [0.15, 0.2) is 0 Å². The molecule has 1 saturated heterocycles. The number of pyridine rings is 2. The number of nitrogens with one attached hydrogen (secondary N) is 1. The van der Waals surface area contributed by atoms with E-state index >= 15 is 0 Å². The normalized spacial score (nSPS) is 17.8. The Morgan fingerprint density at radius 2 is 1.90 bits per heavy atom. The number of hydrogen-bond donors (Lipinski definition) is 2. The van der Waals surface area contributed by atoms with Crippen LogP contribution in [-0.2, 0) is 44.3 Å². The topological polar surface area (TPSA) is 128 Å². The number of nitrogen functional groups attached to an aromatic ring is 1. The molecule has 0 aromatic carbocycles. The Labute approximate surface area is 247 Å². The molecule has 4 rings (SSSR count). The van der Waals surface area contributed by atoms with Crippen LogP contribution < -0.4 is 11.1 Å². The molecular formula is C26H34CuF3N7O3Si. The summed E-state index contributed by atoms with van der Waals surface area (Å²) in [6.45, 7) is 9.53. The number of nitrogens with two attached hydrogens (primary N) is 1. The van der Waals surface area contributed by atoms with Crippen LogP contribution in [0.25, 0.3) is 10.9 Å². The van der Waals surface area contributed by atoms with Crippen LogP contribution in [0.4, 0.5) is 24.7 Å². The van der Waals surface area contributed by atoms with Gasteiger partial charge in [-0.25, -0.2) is 9.67 Å². The molecule has 3 N–H and O–H groups in total. The van der Waals surface area contributed by atoms with Gasteiger partial charge < -0.3 is 20.7 Å². The fourth-order valence-corrected chi connectivity index (χ4v) is 5.42. The van der Waals surface area contributed by atoms with Crippen LogP contribution in [0.2, 0.25) is 25.7 Å². The van der Waals surface area contributed by atoms with E-state index in [1.165, 1.54) is 28.2 Å². The number of halogens is 3. The first-order valence-electron chi connectivity index (χ1n) is 13.1. The quantitative estimate of drug-likeness (QED) is 0.218. The predicted molar refractivity (Wildman–Crippen MR) is 147 cm³/mol. The Morgan fingerprint density at radius 3 is 2.59 bits per heavy atom. The molecule has 3 aromatic rings. The zero-order chi connectivity index (χ0) is 29.2. The van der Waals surface area contributed by atoms with Gasteiger partial charge in [-0.05, 0) is 36.4 Å². The number of fused-ring (bicyclic) bond motifs is 1. The summed E-state index contributed by atoms with van der Waals surface area (Å²) in [5.74, 6) is -1.54. The molecule has 1 fully saturated rings. The largest absolute Gasteiger partial charge is 0.417 e. The van der Waals surface area contributed by atoms with Crippen molar-refractivity contribution >= 4 is 42.3 Å². The van der Waals surface area contributed by atoms with Gasteiger partial charge in [0, 0.05) is 50.7 Å². The molecule has 4 heterocycles. The molecule has 2 unspecified atom stereocenters. The minimum absolute atomic E-state index is 0. The summed E-state index contributed by atoms with van der Waals surface area (Å²) in [5, 5.41) is 7.42. The molecule has 0 spiro atoms. The zero-order valence-electron chi connectivity index (χ0n) is 23.3. The van der Waals surface area contributed by atoms with Crippen molar-refractivity contribution in [2.75, 3.05) is 24.2 Å². The van der Waals surface area contributed by atoms with Gasteiger partial charge in [0.25, 0.3) is 0 Å². The van der Waals surface area contributed by atoms with Crippen molar-refractivity contribution in [2.45, 2.75) is 64.4 Å². The molecule has 15 heteroatoms. The summed E-state index contributed by atoms with van der Waals surface area (Å²) in [5.41, 5.74) is 6.02. The van der Waals surface area contributed by atoms with Gasteiger partial charge in [0.2, 0.25) is 0 Å². The molecule has 1 aliphatic rings. The number of amides is 2. The molecule has 10 nitrogen and oxygen atoms in total. The summed E-state index contributed by atoms with van der Waals surface area (Å²) in [6, 6.07) is 1.23. The number of carbonyl (C=O) groups excluding carboxylic acids is 2. The van der Waals surface area contributed by atoms with Gasteiger partial charge >= 0.3 is 18.0 Å². The van der Waals surface area contributed by atoms with Crippen LogP contribution in [0.15, 0.2) is 30.9 Å². The Balaban J connectivity index is 0.00000462. The Bertz CT molecular complexity index is 1400. The van der Waals surface area contributed by atoms with Crippen molar-refractivity contribution in [2.24, 2.45) is 5.92 Å². The molecule has 0 saturated carbocycles. The third-order valence-corrected chi connectivity index (χ3v) is 8.61. The fraction of sp³-hybridized carbons (Fsp3) is 0.500. The van der Waals surface area contributed by atoms with Gasteiger partial charge in [-0.15, -0.1) is 0 Å². The Kier molecular flexibility index (Phi) is 10.2. The van der Waals surface area contributed by atoms with Gasteiger partial charge in [0.1, 0.15) is 12.5 Å². The number of carbonyl (C=O) groups is 2. The number of likely N-dealkylation sites (tertiary alicyclic amines) is 1. The maximum atomic E-state index is 13.4. The van der Waals surface area contributed by atoms with E-state index in [0.717, 1.165) is 18.3 Å². The van der Waals surface area contributed by atoms with Crippen LogP contribution in [0.5, 0.6) is 0 Å². The molecule has 0 bridgehead atoms. The number of aromatic nitrogens is 4. The van der Waals surface area contributed by atoms with Crippen molar-refractivity contribution < 1.29 is 44.6 Å². The van der Waals surface area contributed by atoms with Gasteiger partial charge in [-0.3, -0.25) is 14.6 Å². The Morgan fingerprint density at radius 1 is 1.17 bits per heavy atom. The molecule has 1 radical (unpaired) electrons. The zero-order valence-corrected chi connectivity index (χ0v) is 25.2. The smallest absolute Gasteiger partial charge is 0.383 e. The van der Waals surface area contributed by atoms with Crippen LogP contribution in [0, 0.1) is 5.92 Å². The summed E-state index contributed by atoms with van der Waals surface area (Å²) in [4.78, 5) is 35.8. The standard InChI is InChI=1S/C26H34F3N7O3Si.Cu/c1-16-5-6-21(17-9-18(11-31-10-17)26(27,28)29)35(14-16)25(38)24(37)34-20-13-32-23(30)19-12-33-36(22(19)20)15-39-7-8-40(2,3)4;/h9-13,16,21H,5-8,14-15H2,1-4H3,(H2,30,32)(H,34,37);. The number of anilines is 2. The van der Waals surface area contributed by atoms with E-state index in [9.17, 15) is 22.8 Å². The minimum Gasteiger partial charge on any atom is -0.383 e. The number of alkyl halides is 3. The maximum Gasteiger partial charge on any atom is 0.417 e. The van der Waals surface area contributed by atoms with E-state index in [4.69, 9.17) is 10.5 Å². The number of piperidine rings is 1. The third-order valence-electron chi connectivity index (χ3n) is 6.91. The summed E-state index contributed by atoms with van der Waals surface area (Å²) in [7, 11) is -1.30. The van der Waals surface area contributed by atoms with E-state index in [1.54, 1.807) is 0 Å². The molecule has 2 atom stereocenters. The first-order valence-corrected chi connectivity index (χ1v) is 16.8. The van der Waals surface area contributed by atoms with Crippen molar-refractivity contribution in [3.05, 3.63) is 42.0 Å². The van der Waals surface area contributed by atoms with Crippen molar-refractivity contribution in [3.63, 3.8) is 0 Å². The van der Waals surface area contributed by atoms with Crippen molar-refractivity contribution in [1.82, 2.24) is 24.6 Å². The van der Waals surface area contributed by atoms with E-state index in [2.05, 4.69) is 40.0 Å². The first-order chi connectivity index (χ1) is 18.7. The van der Waals surface area contributed by atoms with Crippen LogP contribution in [0.3, 0.4) is 0 Å². The summed E-state index contributed by atoms with van der Waals surface area (Å²) >= 11 is 0. The third kappa shape index (κ3) is 7.85. The molecule has 1 aliphatic heterocycles. The molecule has 227 valence electrons. The number of ether oxygens (including phenoxy) is 1. The molecule has 41 heavy (non-hydrogen) atoms. The number of hydrogen-bond acceptors (Lipinski definition) is 7. The number of rotatable bonds is 7.